The first kappa shape index (κ1) is 13.1. The van der Waals surface area contributed by atoms with Crippen molar-refractivity contribution in [1.82, 2.24) is 9.88 Å². The lowest BCUT2D eigenvalue weighted by Crippen LogP contribution is -2.44. The van der Waals surface area contributed by atoms with Crippen molar-refractivity contribution in [1.29, 1.82) is 5.26 Å². The SMILES string of the molecule is N#Cc1ccnc(N2C[C@@H]3CC[C@H](C2)N(CC2CC2)C3)c1. The van der Waals surface area contributed by atoms with E-state index in [1.807, 2.05) is 6.07 Å². The summed E-state index contributed by atoms with van der Waals surface area (Å²) in [5.41, 5.74) is 0.714. The molecule has 2 atom stereocenters. The van der Waals surface area contributed by atoms with Gasteiger partial charge in [-0.1, -0.05) is 0 Å². The highest BCUT2D eigenvalue weighted by Gasteiger charge is 2.37. The molecule has 0 aromatic carbocycles. The molecule has 0 N–H and O–H groups in total. The molecule has 1 aliphatic carbocycles. The zero-order valence-corrected chi connectivity index (χ0v) is 12.4. The summed E-state index contributed by atoms with van der Waals surface area (Å²) in [7, 11) is 0. The molecule has 1 aromatic heterocycles. The largest absolute Gasteiger partial charge is 0.355 e. The van der Waals surface area contributed by atoms with Crippen LogP contribution in [0.25, 0.3) is 0 Å². The predicted molar refractivity (Wildman–Crippen MR) is 82.0 cm³/mol. The molecule has 0 unspecified atom stereocenters. The van der Waals surface area contributed by atoms with Crippen molar-refractivity contribution in [2.75, 3.05) is 31.1 Å². The van der Waals surface area contributed by atoms with E-state index in [-0.39, 0.29) is 0 Å². The summed E-state index contributed by atoms with van der Waals surface area (Å²) in [6.45, 7) is 4.74. The van der Waals surface area contributed by atoms with Crippen molar-refractivity contribution in [3.63, 3.8) is 0 Å². The summed E-state index contributed by atoms with van der Waals surface area (Å²) in [4.78, 5) is 9.65. The van der Waals surface area contributed by atoms with Crippen LogP contribution in [0.1, 0.15) is 31.2 Å². The molecule has 2 bridgehead atoms. The van der Waals surface area contributed by atoms with Crippen LogP contribution >= 0.6 is 0 Å². The summed E-state index contributed by atoms with van der Waals surface area (Å²) < 4.78 is 0. The molecular weight excluding hydrogens is 260 g/mol. The first-order chi connectivity index (χ1) is 10.3. The molecule has 4 fully saturated rings. The molecular formula is C17H22N4. The van der Waals surface area contributed by atoms with Gasteiger partial charge in [-0.2, -0.15) is 5.26 Å². The Labute approximate surface area is 126 Å². The summed E-state index contributed by atoms with van der Waals surface area (Å²) in [5, 5.41) is 9.08. The molecule has 4 heteroatoms. The molecule has 4 nitrogen and oxygen atoms in total. The molecule has 4 aliphatic rings. The zero-order chi connectivity index (χ0) is 14.2. The second-order valence-corrected chi connectivity index (χ2v) is 6.91. The van der Waals surface area contributed by atoms with Gasteiger partial charge in [0.05, 0.1) is 11.6 Å². The summed E-state index contributed by atoms with van der Waals surface area (Å²) >= 11 is 0. The van der Waals surface area contributed by atoms with E-state index in [9.17, 15) is 0 Å². The number of hydrogen-bond donors (Lipinski definition) is 0. The average Bonchev–Trinajstić information content (AvgIpc) is 3.35. The minimum absolute atomic E-state index is 0.678. The van der Waals surface area contributed by atoms with E-state index in [2.05, 4.69) is 20.9 Å². The molecule has 1 saturated carbocycles. The normalized spacial score (nSPS) is 29.2. The van der Waals surface area contributed by atoms with Gasteiger partial charge in [-0.3, -0.25) is 4.90 Å². The van der Waals surface area contributed by atoms with Crippen molar-refractivity contribution < 1.29 is 0 Å². The van der Waals surface area contributed by atoms with Gasteiger partial charge in [-0.15, -0.1) is 0 Å². The maximum absolute atomic E-state index is 9.08. The van der Waals surface area contributed by atoms with Crippen molar-refractivity contribution in [3.8, 4) is 6.07 Å². The minimum atomic E-state index is 0.678. The second kappa shape index (κ2) is 5.31. The Hall–Kier alpha value is -1.60. The lowest BCUT2D eigenvalue weighted by Gasteiger charge is -2.36. The monoisotopic (exact) mass is 282 g/mol. The highest BCUT2D eigenvalue weighted by atomic mass is 15.3. The number of piperidine rings is 1. The molecule has 21 heavy (non-hydrogen) atoms. The van der Waals surface area contributed by atoms with E-state index >= 15 is 0 Å². The van der Waals surface area contributed by atoms with Crippen LogP contribution in [0.5, 0.6) is 0 Å². The number of nitriles is 1. The van der Waals surface area contributed by atoms with Crippen LogP contribution in [0, 0.1) is 23.2 Å². The lowest BCUT2D eigenvalue weighted by atomic mass is 9.95. The fourth-order valence-corrected chi connectivity index (χ4v) is 3.88. The Bertz CT molecular complexity index is 560. The minimum Gasteiger partial charge on any atom is -0.355 e. The fourth-order valence-electron chi connectivity index (χ4n) is 3.88. The first-order valence-electron chi connectivity index (χ1n) is 8.17. The molecule has 1 aromatic rings. The van der Waals surface area contributed by atoms with E-state index in [0.29, 0.717) is 11.6 Å². The zero-order valence-electron chi connectivity index (χ0n) is 12.4. The molecule has 4 heterocycles. The first-order valence-corrected chi connectivity index (χ1v) is 8.17. The Morgan fingerprint density at radius 2 is 2.10 bits per heavy atom. The molecule has 0 radical (unpaired) electrons. The van der Waals surface area contributed by atoms with Crippen LogP contribution in [0.15, 0.2) is 18.3 Å². The third-order valence-electron chi connectivity index (χ3n) is 5.22. The van der Waals surface area contributed by atoms with Gasteiger partial charge in [0.25, 0.3) is 0 Å². The third kappa shape index (κ3) is 2.75. The van der Waals surface area contributed by atoms with Gasteiger partial charge in [0.15, 0.2) is 0 Å². The van der Waals surface area contributed by atoms with Gasteiger partial charge in [-0.05, 0) is 49.7 Å². The summed E-state index contributed by atoms with van der Waals surface area (Å²) in [6, 6.07) is 6.63. The van der Waals surface area contributed by atoms with Gasteiger partial charge < -0.3 is 4.90 Å². The third-order valence-corrected chi connectivity index (χ3v) is 5.22. The van der Waals surface area contributed by atoms with Gasteiger partial charge in [0, 0.05) is 38.4 Å². The van der Waals surface area contributed by atoms with E-state index in [4.69, 9.17) is 5.26 Å². The molecule has 110 valence electrons. The Morgan fingerprint density at radius 3 is 2.90 bits per heavy atom. The van der Waals surface area contributed by atoms with Gasteiger partial charge in [0.2, 0.25) is 0 Å². The number of fused-ring (bicyclic) bond motifs is 4. The average molecular weight is 282 g/mol. The Morgan fingerprint density at radius 1 is 1.19 bits per heavy atom. The molecule has 0 amide bonds. The van der Waals surface area contributed by atoms with Crippen molar-refractivity contribution in [2.24, 2.45) is 11.8 Å². The van der Waals surface area contributed by atoms with Gasteiger partial charge in [-0.25, -0.2) is 4.98 Å². The van der Waals surface area contributed by atoms with Crippen LogP contribution < -0.4 is 4.90 Å². The summed E-state index contributed by atoms with van der Waals surface area (Å²) in [5.74, 6) is 2.71. The van der Waals surface area contributed by atoms with Crippen LogP contribution in [-0.2, 0) is 0 Å². The van der Waals surface area contributed by atoms with E-state index in [1.54, 1.807) is 12.3 Å². The van der Waals surface area contributed by atoms with E-state index < -0.39 is 0 Å². The highest BCUT2D eigenvalue weighted by molar-refractivity contribution is 5.45. The van der Waals surface area contributed by atoms with Gasteiger partial charge >= 0.3 is 0 Å². The lowest BCUT2D eigenvalue weighted by molar-refractivity contribution is 0.128. The number of nitrogens with zero attached hydrogens (tertiary/aromatic N) is 4. The quantitative estimate of drug-likeness (QED) is 0.853. The molecule has 3 aliphatic heterocycles. The number of pyridine rings is 1. The predicted octanol–water partition coefficient (Wildman–Crippen LogP) is 2.26. The standard InChI is InChI=1S/C17H22N4/c18-8-14-5-6-19-17(7-14)21-11-15-3-4-16(12-21)20(10-15)9-13-1-2-13/h5-7,13,15-16H,1-4,9-12H2/t15-,16-/m1/s1. The smallest absolute Gasteiger partial charge is 0.129 e. The van der Waals surface area contributed by atoms with Crippen LogP contribution in [0.2, 0.25) is 0 Å². The van der Waals surface area contributed by atoms with E-state index in [0.717, 1.165) is 30.7 Å². The van der Waals surface area contributed by atoms with Crippen LogP contribution in [0.4, 0.5) is 5.82 Å². The second-order valence-electron chi connectivity index (χ2n) is 6.91. The Balaban J connectivity index is 1.53. The van der Waals surface area contributed by atoms with Crippen molar-refractivity contribution in [3.05, 3.63) is 23.9 Å². The summed E-state index contributed by atoms with van der Waals surface area (Å²) in [6.07, 6.45) is 7.31. The highest BCUT2D eigenvalue weighted by Crippen LogP contribution is 2.35. The topological polar surface area (TPSA) is 43.2 Å². The van der Waals surface area contributed by atoms with E-state index in [1.165, 1.54) is 38.8 Å². The maximum Gasteiger partial charge on any atom is 0.129 e. The number of anilines is 1. The van der Waals surface area contributed by atoms with Crippen LogP contribution in [0.3, 0.4) is 0 Å². The number of hydrogen-bond acceptors (Lipinski definition) is 4. The van der Waals surface area contributed by atoms with Crippen molar-refractivity contribution >= 4 is 5.82 Å². The van der Waals surface area contributed by atoms with Gasteiger partial charge in [0.1, 0.15) is 5.82 Å². The molecule has 0 spiro atoms. The number of aromatic nitrogens is 1. The number of rotatable bonds is 3. The Kier molecular flexibility index (Phi) is 3.31. The van der Waals surface area contributed by atoms with Crippen LogP contribution in [-0.4, -0.2) is 42.1 Å². The molecule has 3 saturated heterocycles. The maximum atomic E-state index is 9.08. The van der Waals surface area contributed by atoms with Crippen molar-refractivity contribution in [2.45, 2.75) is 31.7 Å². The molecule has 5 rings (SSSR count). The fraction of sp³-hybridized carbons (Fsp3) is 0.647.